The number of benzene rings is 2. The summed E-state index contributed by atoms with van der Waals surface area (Å²) >= 11 is 0. The molecule has 0 heterocycles. The van der Waals surface area contributed by atoms with Crippen molar-refractivity contribution in [1.29, 1.82) is 0 Å². The summed E-state index contributed by atoms with van der Waals surface area (Å²) in [6.07, 6.45) is 0.225. The van der Waals surface area contributed by atoms with Gasteiger partial charge in [-0.25, -0.2) is 8.78 Å². The number of phenolic OH excluding ortho intramolecular Hbond substituents is 2. The number of nitrogens with one attached hydrogen (secondary N) is 1. The lowest BCUT2D eigenvalue weighted by molar-refractivity contribution is 0.402. The highest BCUT2D eigenvalue weighted by atomic mass is 19.1. The molecule has 1 atom stereocenters. The topological polar surface area (TPSA) is 52.5 Å². The minimum Gasteiger partial charge on any atom is -0.504 e. The molecule has 0 aliphatic carbocycles. The predicted molar refractivity (Wildman–Crippen MR) is 76.1 cm³/mol. The fourth-order valence-corrected chi connectivity index (χ4v) is 2.08. The smallest absolute Gasteiger partial charge is 0.157 e. The third-order valence-corrected chi connectivity index (χ3v) is 3.27. The predicted octanol–water partition coefficient (Wildman–Crippen LogP) is 3.10. The monoisotopic (exact) mass is 293 g/mol. The van der Waals surface area contributed by atoms with Crippen molar-refractivity contribution in [2.24, 2.45) is 0 Å². The lowest BCUT2D eigenvalue weighted by Crippen LogP contribution is -2.28. The standard InChI is InChI=1S/C16H17F2NO2/c1-10(7-12-13(17)3-2-4-14(12)18)19-9-11-5-6-15(20)16(21)8-11/h2-6,8,10,19-21H,7,9H2,1H3. The maximum atomic E-state index is 13.5. The molecule has 21 heavy (non-hydrogen) atoms. The highest BCUT2D eigenvalue weighted by Gasteiger charge is 2.12. The van der Waals surface area contributed by atoms with Gasteiger partial charge in [-0.3, -0.25) is 0 Å². The molecule has 0 aliphatic heterocycles. The van der Waals surface area contributed by atoms with Crippen molar-refractivity contribution in [3.63, 3.8) is 0 Å². The highest BCUT2D eigenvalue weighted by Crippen LogP contribution is 2.24. The number of rotatable bonds is 5. The van der Waals surface area contributed by atoms with E-state index in [1.165, 1.54) is 30.3 Å². The quantitative estimate of drug-likeness (QED) is 0.743. The zero-order valence-electron chi connectivity index (χ0n) is 11.6. The van der Waals surface area contributed by atoms with E-state index in [0.717, 1.165) is 5.56 Å². The molecule has 0 aliphatic rings. The molecular weight excluding hydrogens is 276 g/mol. The van der Waals surface area contributed by atoms with Crippen LogP contribution in [0.4, 0.5) is 8.78 Å². The Balaban J connectivity index is 1.96. The van der Waals surface area contributed by atoms with E-state index < -0.39 is 11.6 Å². The second-order valence-corrected chi connectivity index (χ2v) is 5.01. The molecule has 0 fully saturated rings. The van der Waals surface area contributed by atoms with Gasteiger partial charge in [-0.2, -0.15) is 0 Å². The van der Waals surface area contributed by atoms with Crippen LogP contribution in [0.15, 0.2) is 36.4 Å². The second-order valence-electron chi connectivity index (χ2n) is 5.01. The van der Waals surface area contributed by atoms with Crippen molar-refractivity contribution in [2.45, 2.75) is 25.9 Å². The van der Waals surface area contributed by atoms with E-state index in [0.29, 0.717) is 6.54 Å². The maximum Gasteiger partial charge on any atom is 0.157 e. The Morgan fingerprint density at radius 2 is 1.71 bits per heavy atom. The lowest BCUT2D eigenvalue weighted by Gasteiger charge is -2.15. The first-order valence-corrected chi connectivity index (χ1v) is 6.64. The van der Waals surface area contributed by atoms with Crippen LogP contribution >= 0.6 is 0 Å². The summed E-state index contributed by atoms with van der Waals surface area (Å²) in [6, 6.07) is 8.18. The normalized spacial score (nSPS) is 12.3. The van der Waals surface area contributed by atoms with Gasteiger partial charge >= 0.3 is 0 Å². The number of hydrogen-bond donors (Lipinski definition) is 3. The lowest BCUT2D eigenvalue weighted by atomic mass is 10.1. The Hall–Kier alpha value is -2.14. The molecule has 0 aromatic heterocycles. The first-order chi connectivity index (χ1) is 9.97. The van der Waals surface area contributed by atoms with Gasteiger partial charge in [0.1, 0.15) is 11.6 Å². The SMILES string of the molecule is CC(Cc1c(F)cccc1F)NCc1ccc(O)c(O)c1. The Morgan fingerprint density at radius 1 is 1.05 bits per heavy atom. The zero-order chi connectivity index (χ0) is 15.4. The third-order valence-electron chi connectivity index (χ3n) is 3.27. The van der Waals surface area contributed by atoms with Crippen LogP contribution < -0.4 is 5.32 Å². The van der Waals surface area contributed by atoms with Gasteiger partial charge in [-0.15, -0.1) is 0 Å². The number of phenols is 2. The molecule has 0 saturated carbocycles. The summed E-state index contributed by atoms with van der Waals surface area (Å²) in [5.41, 5.74) is 0.831. The molecule has 0 bridgehead atoms. The summed E-state index contributed by atoms with van der Waals surface area (Å²) < 4.78 is 27.1. The van der Waals surface area contributed by atoms with Crippen molar-refractivity contribution < 1.29 is 19.0 Å². The molecule has 2 aromatic carbocycles. The van der Waals surface area contributed by atoms with E-state index in [9.17, 15) is 19.0 Å². The van der Waals surface area contributed by atoms with Gasteiger partial charge in [0, 0.05) is 18.2 Å². The molecule has 0 spiro atoms. The molecule has 1 unspecified atom stereocenters. The Labute approximate surface area is 121 Å². The molecule has 0 radical (unpaired) electrons. The van der Waals surface area contributed by atoms with Gasteiger partial charge in [-0.1, -0.05) is 12.1 Å². The number of halogens is 2. The van der Waals surface area contributed by atoms with Crippen molar-refractivity contribution in [1.82, 2.24) is 5.32 Å². The van der Waals surface area contributed by atoms with Crippen LogP contribution in [-0.2, 0) is 13.0 Å². The molecule has 3 N–H and O–H groups in total. The van der Waals surface area contributed by atoms with Gasteiger partial charge in [0.25, 0.3) is 0 Å². The van der Waals surface area contributed by atoms with Crippen LogP contribution in [0.1, 0.15) is 18.1 Å². The minimum atomic E-state index is -0.550. The van der Waals surface area contributed by atoms with Crippen molar-refractivity contribution in [3.8, 4) is 11.5 Å². The van der Waals surface area contributed by atoms with Crippen LogP contribution in [-0.4, -0.2) is 16.3 Å². The van der Waals surface area contributed by atoms with E-state index in [-0.39, 0.29) is 29.5 Å². The first kappa shape index (κ1) is 15.3. The van der Waals surface area contributed by atoms with Crippen LogP contribution in [0.25, 0.3) is 0 Å². The molecule has 112 valence electrons. The molecule has 0 saturated heterocycles. The van der Waals surface area contributed by atoms with Crippen LogP contribution in [0, 0.1) is 11.6 Å². The molecule has 5 heteroatoms. The Morgan fingerprint density at radius 3 is 2.33 bits per heavy atom. The number of hydrogen-bond acceptors (Lipinski definition) is 3. The summed E-state index contributed by atoms with van der Waals surface area (Å²) in [5, 5.41) is 21.7. The van der Waals surface area contributed by atoms with E-state index in [1.807, 2.05) is 6.92 Å². The van der Waals surface area contributed by atoms with Crippen molar-refractivity contribution in [2.75, 3.05) is 0 Å². The van der Waals surface area contributed by atoms with Gasteiger partial charge in [-0.05, 0) is 43.2 Å². The van der Waals surface area contributed by atoms with Crippen molar-refractivity contribution >= 4 is 0 Å². The zero-order valence-corrected chi connectivity index (χ0v) is 11.6. The average molecular weight is 293 g/mol. The van der Waals surface area contributed by atoms with Crippen LogP contribution in [0.5, 0.6) is 11.5 Å². The summed E-state index contributed by atoms with van der Waals surface area (Å²) in [6.45, 7) is 2.25. The summed E-state index contributed by atoms with van der Waals surface area (Å²) in [7, 11) is 0. The molecule has 3 nitrogen and oxygen atoms in total. The summed E-state index contributed by atoms with van der Waals surface area (Å²) in [4.78, 5) is 0. The third kappa shape index (κ3) is 3.92. The molecule has 0 amide bonds. The molecular formula is C16H17F2NO2. The Bertz CT molecular complexity index is 611. The summed E-state index contributed by atoms with van der Waals surface area (Å²) in [5.74, 6) is -1.47. The van der Waals surface area contributed by atoms with Gasteiger partial charge in [0.05, 0.1) is 0 Å². The van der Waals surface area contributed by atoms with Gasteiger partial charge < -0.3 is 15.5 Å². The largest absolute Gasteiger partial charge is 0.504 e. The molecule has 2 rings (SSSR count). The van der Waals surface area contributed by atoms with E-state index in [1.54, 1.807) is 6.07 Å². The first-order valence-electron chi connectivity index (χ1n) is 6.64. The van der Waals surface area contributed by atoms with Crippen molar-refractivity contribution in [3.05, 3.63) is 59.2 Å². The van der Waals surface area contributed by atoms with Gasteiger partial charge in [0.2, 0.25) is 0 Å². The molecule has 2 aromatic rings. The number of aromatic hydroxyl groups is 2. The van der Waals surface area contributed by atoms with Gasteiger partial charge in [0.15, 0.2) is 11.5 Å². The fourth-order valence-electron chi connectivity index (χ4n) is 2.08. The minimum absolute atomic E-state index is 0.0612. The van der Waals surface area contributed by atoms with E-state index in [4.69, 9.17) is 0 Å². The Kier molecular flexibility index (Phi) is 4.75. The van der Waals surface area contributed by atoms with E-state index >= 15 is 0 Å². The highest BCUT2D eigenvalue weighted by molar-refractivity contribution is 5.40. The fraction of sp³-hybridized carbons (Fsp3) is 0.250. The average Bonchev–Trinajstić information content (AvgIpc) is 2.44. The van der Waals surface area contributed by atoms with Crippen LogP contribution in [0.2, 0.25) is 0 Å². The van der Waals surface area contributed by atoms with Crippen LogP contribution in [0.3, 0.4) is 0 Å². The maximum absolute atomic E-state index is 13.5. The van der Waals surface area contributed by atoms with E-state index in [2.05, 4.69) is 5.32 Å². The second kappa shape index (κ2) is 6.54.